The van der Waals surface area contributed by atoms with Crippen molar-refractivity contribution in [2.45, 2.75) is 13.3 Å². The van der Waals surface area contributed by atoms with E-state index in [0.29, 0.717) is 12.2 Å². The lowest BCUT2D eigenvalue weighted by atomic mass is 10.1. The fourth-order valence-corrected chi connectivity index (χ4v) is 1.15. The number of phenols is 1. The van der Waals surface area contributed by atoms with Crippen molar-refractivity contribution in [3.63, 3.8) is 0 Å². The molecule has 0 spiro atoms. The molecule has 0 bridgehead atoms. The van der Waals surface area contributed by atoms with Gasteiger partial charge in [0.1, 0.15) is 17.3 Å². The fourth-order valence-electron chi connectivity index (χ4n) is 1.15. The van der Waals surface area contributed by atoms with E-state index >= 15 is 0 Å². The molecule has 0 aliphatic carbocycles. The van der Waals surface area contributed by atoms with Gasteiger partial charge in [-0.1, -0.05) is 6.07 Å². The Bertz CT molecular complexity index is 318. The number of ketones is 1. The molecule has 0 saturated carbocycles. The molecule has 0 amide bonds. The molecule has 0 radical (unpaired) electrons. The lowest BCUT2D eigenvalue weighted by Gasteiger charge is -2.06. The van der Waals surface area contributed by atoms with Crippen molar-refractivity contribution in [3.05, 3.63) is 23.8 Å². The van der Waals surface area contributed by atoms with Crippen LogP contribution in [0.2, 0.25) is 0 Å². The highest BCUT2D eigenvalue weighted by atomic mass is 16.5. The molecule has 0 aromatic heterocycles. The molecule has 0 atom stereocenters. The summed E-state index contributed by atoms with van der Waals surface area (Å²) in [6.45, 7) is 1.52. The lowest BCUT2D eigenvalue weighted by Crippen LogP contribution is -1.98. The number of carbonyl (C=O) groups excluding carboxylic acids is 1. The van der Waals surface area contributed by atoms with Crippen molar-refractivity contribution >= 4 is 5.78 Å². The Hall–Kier alpha value is -1.51. The smallest absolute Gasteiger partial charge is 0.134 e. The molecule has 0 fully saturated rings. The van der Waals surface area contributed by atoms with Gasteiger partial charge in [-0.05, 0) is 13.0 Å². The summed E-state index contributed by atoms with van der Waals surface area (Å²) in [6.07, 6.45) is 0.337. The van der Waals surface area contributed by atoms with Crippen molar-refractivity contribution in [3.8, 4) is 11.5 Å². The van der Waals surface area contributed by atoms with E-state index in [1.165, 1.54) is 20.1 Å². The van der Waals surface area contributed by atoms with Crippen LogP contribution in [0.5, 0.6) is 11.5 Å². The van der Waals surface area contributed by atoms with Crippen LogP contribution in [0.25, 0.3) is 0 Å². The maximum atomic E-state index is 10.8. The van der Waals surface area contributed by atoms with E-state index in [1.807, 2.05) is 0 Å². The summed E-state index contributed by atoms with van der Waals surface area (Å²) in [5.74, 6) is 0.767. The van der Waals surface area contributed by atoms with Crippen LogP contribution in [0.15, 0.2) is 18.2 Å². The number of hydrogen-bond acceptors (Lipinski definition) is 3. The molecule has 0 saturated heterocycles. The van der Waals surface area contributed by atoms with Crippen LogP contribution in [0, 0.1) is 0 Å². The number of ether oxygens (including phenoxy) is 1. The first-order valence-electron chi connectivity index (χ1n) is 3.99. The Labute approximate surface area is 77.0 Å². The molecule has 1 aromatic rings. The van der Waals surface area contributed by atoms with Gasteiger partial charge in [-0.2, -0.15) is 0 Å². The quantitative estimate of drug-likeness (QED) is 0.767. The Morgan fingerprint density at radius 1 is 1.54 bits per heavy atom. The minimum absolute atomic E-state index is 0.0731. The maximum absolute atomic E-state index is 10.8. The second-order valence-electron chi connectivity index (χ2n) is 2.87. The van der Waals surface area contributed by atoms with E-state index in [2.05, 4.69) is 0 Å². The zero-order chi connectivity index (χ0) is 9.84. The first-order valence-corrected chi connectivity index (χ1v) is 3.99. The lowest BCUT2D eigenvalue weighted by molar-refractivity contribution is -0.116. The Balaban J connectivity index is 2.99. The Morgan fingerprint density at radius 2 is 2.23 bits per heavy atom. The summed E-state index contributed by atoms with van der Waals surface area (Å²) in [7, 11) is 1.51. The second-order valence-corrected chi connectivity index (χ2v) is 2.87. The van der Waals surface area contributed by atoms with Crippen LogP contribution >= 0.6 is 0 Å². The predicted molar refractivity (Wildman–Crippen MR) is 49.0 cm³/mol. The van der Waals surface area contributed by atoms with Crippen LogP contribution < -0.4 is 4.74 Å². The predicted octanol–water partition coefficient (Wildman–Crippen LogP) is 1.53. The van der Waals surface area contributed by atoms with Crippen LogP contribution in [-0.2, 0) is 11.2 Å². The highest BCUT2D eigenvalue weighted by molar-refractivity contribution is 5.79. The van der Waals surface area contributed by atoms with Gasteiger partial charge in [0.05, 0.1) is 7.11 Å². The molecule has 1 aromatic carbocycles. The molecule has 3 nitrogen and oxygen atoms in total. The molecule has 0 aliphatic rings. The molecule has 70 valence electrons. The van der Waals surface area contributed by atoms with Gasteiger partial charge in [-0.3, -0.25) is 4.79 Å². The Morgan fingerprint density at radius 3 is 2.77 bits per heavy atom. The number of aromatic hydroxyl groups is 1. The van der Waals surface area contributed by atoms with Crippen LogP contribution in [0.4, 0.5) is 0 Å². The number of benzene rings is 1. The highest BCUT2D eigenvalue weighted by Crippen LogP contribution is 2.24. The van der Waals surface area contributed by atoms with Crippen LogP contribution in [0.3, 0.4) is 0 Å². The fraction of sp³-hybridized carbons (Fsp3) is 0.300. The molecule has 1 rings (SSSR count). The van der Waals surface area contributed by atoms with E-state index in [0.717, 1.165) is 5.56 Å². The number of carbonyl (C=O) groups is 1. The third kappa shape index (κ3) is 2.47. The molecule has 13 heavy (non-hydrogen) atoms. The zero-order valence-corrected chi connectivity index (χ0v) is 7.70. The molecule has 0 aliphatic heterocycles. The van der Waals surface area contributed by atoms with E-state index in [9.17, 15) is 4.79 Å². The molecule has 3 heteroatoms. The first-order chi connectivity index (χ1) is 6.13. The monoisotopic (exact) mass is 180 g/mol. The molecular weight excluding hydrogens is 168 g/mol. The summed E-state index contributed by atoms with van der Waals surface area (Å²) >= 11 is 0. The third-order valence-corrected chi connectivity index (χ3v) is 1.71. The standard InChI is InChI=1S/C10H12O3/c1-7(11)5-8-3-4-9(12)6-10(8)13-2/h3-4,6,12H,5H2,1-2H3. The highest BCUT2D eigenvalue weighted by Gasteiger charge is 2.05. The van der Waals surface area contributed by atoms with E-state index < -0.39 is 0 Å². The summed E-state index contributed by atoms with van der Waals surface area (Å²) in [6, 6.07) is 4.73. The average molecular weight is 180 g/mol. The number of hydrogen-bond donors (Lipinski definition) is 1. The summed E-state index contributed by atoms with van der Waals surface area (Å²) in [4.78, 5) is 10.8. The van der Waals surface area contributed by atoms with Crippen molar-refractivity contribution in [2.24, 2.45) is 0 Å². The summed E-state index contributed by atoms with van der Waals surface area (Å²) in [5.41, 5.74) is 0.799. The molecule has 0 unspecified atom stereocenters. The van der Waals surface area contributed by atoms with Gasteiger partial charge in [0, 0.05) is 18.1 Å². The summed E-state index contributed by atoms with van der Waals surface area (Å²) in [5, 5.41) is 9.14. The molecule has 1 N–H and O–H groups in total. The third-order valence-electron chi connectivity index (χ3n) is 1.71. The van der Waals surface area contributed by atoms with E-state index in [4.69, 9.17) is 9.84 Å². The Kier molecular flexibility index (Phi) is 2.90. The van der Waals surface area contributed by atoms with E-state index in [1.54, 1.807) is 12.1 Å². The van der Waals surface area contributed by atoms with Gasteiger partial charge in [0.25, 0.3) is 0 Å². The molecule has 0 heterocycles. The number of Topliss-reactive ketones (excluding diaryl/α,β-unsaturated/α-hetero) is 1. The van der Waals surface area contributed by atoms with Gasteiger partial charge >= 0.3 is 0 Å². The van der Waals surface area contributed by atoms with Crippen molar-refractivity contribution in [1.82, 2.24) is 0 Å². The van der Waals surface area contributed by atoms with Gasteiger partial charge in [-0.15, -0.1) is 0 Å². The largest absolute Gasteiger partial charge is 0.508 e. The maximum Gasteiger partial charge on any atom is 0.134 e. The normalized spacial score (nSPS) is 9.69. The van der Waals surface area contributed by atoms with Gasteiger partial charge in [0.2, 0.25) is 0 Å². The second kappa shape index (κ2) is 3.94. The number of phenolic OH excluding ortho intramolecular Hbond substituents is 1. The minimum atomic E-state index is 0.0731. The average Bonchev–Trinajstić information content (AvgIpc) is 2.07. The first kappa shape index (κ1) is 9.58. The van der Waals surface area contributed by atoms with Gasteiger partial charge in [-0.25, -0.2) is 0 Å². The van der Waals surface area contributed by atoms with Crippen LogP contribution in [0.1, 0.15) is 12.5 Å². The SMILES string of the molecule is COc1cc(O)ccc1CC(C)=O. The van der Waals surface area contributed by atoms with Crippen molar-refractivity contribution in [2.75, 3.05) is 7.11 Å². The summed E-state index contributed by atoms with van der Waals surface area (Å²) < 4.78 is 5.01. The van der Waals surface area contributed by atoms with Gasteiger partial charge < -0.3 is 9.84 Å². The number of methoxy groups -OCH3 is 1. The minimum Gasteiger partial charge on any atom is -0.508 e. The van der Waals surface area contributed by atoms with Gasteiger partial charge in [0.15, 0.2) is 0 Å². The van der Waals surface area contributed by atoms with Crippen molar-refractivity contribution < 1.29 is 14.6 Å². The molecular formula is C10H12O3. The number of rotatable bonds is 3. The zero-order valence-electron chi connectivity index (χ0n) is 7.70. The van der Waals surface area contributed by atoms with E-state index in [-0.39, 0.29) is 11.5 Å². The topological polar surface area (TPSA) is 46.5 Å². The van der Waals surface area contributed by atoms with Crippen molar-refractivity contribution in [1.29, 1.82) is 0 Å². The van der Waals surface area contributed by atoms with Crippen LogP contribution in [-0.4, -0.2) is 18.0 Å².